The van der Waals surface area contributed by atoms with Crippen molar-refractivity contribution in [1.82, 2.24) is 26.1 Å². The summed E-state index contributed by atoms with van der Waals surface area (Å²) in [5.74, 6) is 0.125. The van der Waals surface area contributed by atoms with Crippen molar-refractivity contribution in [1.29, 1.82) is 0 Å². The molecule has 1 aliphatic rings. The molecule has 4 amide bonds. The second-order valence-electron chi connectivity index (χ2n) is 8.77. The fourth-order valence-corrected chi connectivity index (χ4v) is 3.94. The highest BCUT2D eigenvalue weighted by molar-refractivity contribution is 6.07. The summed E-state index contributed by atoms with van der Waals surface area (Å²) in [6, 6.07) is 21.3. The van der Waals surface area contributed by atoms with E-state index in [1.807, 2.05) is 37.3 Å². The number of nitrogens with zero attached hydrogens (tertiary/aromatic N) is 2. The molecule has 1 aromatic heterocycles. The minimum absolute atomic E-state index is 0.254. The summed E-state index contributed by atoms with van der Waals surface area (Å²) >= 11 is 0. The summed E-state index contributed by atoms with van der Waals surface area (Å²) in [6.07, 6.45) is 0. The Labute approximate surface area is 206 Å². The molecule has 4 aromatic rings. The van der Waals surface area contributed by atoms with E-state index in [9.17, 15) is 14.4 Å². The lowest BCUT2D eigenvalue weighted by Crippen LogP contribution is -2.40. The number of rotatable bonds is 6. The average molecular weight is 482 g/mol. The molecule has 3 N–H and O–H groups in total. The van der Waals surface area contributed by atoms with Gasteiger partial charge in [0, 0.05) is 23.2 Å². The molecular weight excluding hydrogens is 458 g/mol. The predicted octanol–water partition coefficient (Wildman–Crippen LogP) is 3.70. The zero-order valence-electron chi connectivity index (χ0n) is 19.7. The SMILES string of the molecule is Cc1ccc(-c2nnc(-c3ccc(C(=O)NCc4cccc(C5(C)NC(=O)NC5=O)c4)cc3)o2)cc1. The van der Waals surface area contributed by atoms with Gasteiger partial charge < -0.3 is 15.1 Å². The number of carbonyl (C=O) groups excluding carboxylic acids is 3. The Balaban J connectivity index is 1.24. The number of urea groups is 1. The van der Waals surface area contributed by atoms with E-state index in [4.69, 9.17) is 4.42 Å². The van der Waals surface area contributed by atoms with E-state index >= 15 is 0 Å². The Bertz CT molecular complexity index is 1460. The van der Waals surface area contributed by atoms with E-state index in [1.54, 1.807) is 49.4 Å². The number of aromatic nitrogens is 2. The number of benzene rings is 3. The molecule has 1 atom stereocenters. The Morgan fingerprint density at radius 1 is 0.944 bits per heavy atom. The van der Waals surface area contributed by atoms with Crippen molar-refractivity contribution in [2.24, 2.45) is 0 Å². The summed E-state index contributed by atoms with van der Waals surface area (Å²) in [5.41, 5.74) is 3.43. The van der Waals surface area contributed by atoms with Crippen molar-refractivity contribution >= 4 is 17.8 Å². The van der Waals surface area contributed by atoms with Crippen LogP contribution in [-0.4, -0.2) is 28.0 Å². The van der Waals surface area contributed by atoms with Gasteiger partial charge in [-0.3, -0.25) is 14.9 Å². The van der Waals surface area contributed by atoms with Crippen LogP contribution in [0.1, 0.15) is 34.0 Å². The highest BCUT2D eigenvalue weighted by atomic mass is 16.4. The van der Waals surface area contributed by atoms with Crippen LogP contribution >= 0.6 is 0 Å². The van der Waals surface area contributed by atoms with Crippen molar-refractivity contribution in [2.45, 2.75) is 25.9 Å². The third-order valence-corrected chi connectivity index (χ3v) is 6.12. The lowest BCUT2D eigenvalue weighted by atomic mass is 9.91. The highest BCUT2D eigenvalue weighted by Gasteiger charge is 2.43. The van der Waals surface area contributed by atoms with Crippen molar-refractivity contribution in [3.8, 4) is 22.9 Å². The summed E-state index contributed by atoms with van der Waals surface area (Å²) in [6.45, 7) is 3.90. The maximum absolute atomic E-state index is 12.7. The molecule has 5 rings (SSSR count). The molecule has 9 nitrogen and oxygen atoms in total. The van der Waals surface area contributed by atoms with Crippen LogP contribution in [0.3, 0.4) is 0 Å². The number of hydrogen-bond acceptors (Lipinski definition) is 6. The zero-order valence-corrected chi connectivity index (χ0v) is 19.7. The minimum atomic E-state index is -1.15. The van der Waals surface area contributed by atoms with Gasteiger partial charge >= 0.3 is 6.03 Å². The first-order valence-corrected chi connectivity index (χ1v) is 11.3. The molecule has 0 bridgehead atoms. The van der Waals surface area contributed by atoms with Gasteiger partial charge in [0.15, 0.2) is 0 Å². The maximum atomic E-state index is 12.7. The predicted molar refractivity (Wildman–Crippen MR) is 132 cm³/mol. The molecule has 0 saturated carbocycles. The van der Waals surface area contributed by atoms with Crippen LogP contribution in [0, 0.1) is 6.92 Å². The van der Waals surface area contributed by atoms with Crippen molar-refractivity contribution < 1.29 is 18.8 Å². The van der Waals surface area contributed by atoms with Crippen LogP contribution in [0.2, 0.25) is 0 Å². The number of carbonyl (C=O) groups is 3. The summed E-state index contributed by atoms with van der Waals surface area (Å²) in [5, 5.41) is 16.0. The monoisotopic (exact) mass is 481 g/mol. The molecule has 1 unspecified atom stereocenters. The summed E-state index contributed by atoms with van der Waals surface area (Å²) < 4.78 is 5.80. The third-order valence-electron chi connectivity index (χ3n) is 6.12. The Morgan fingerprint density at radius 2 is 1.58 bits per heavy atom. The quantitative estimate of drug-likeness (QED) is 0.361. The second kappa shape index (κ2) is 9.10. The second-order valence-corrected chi connectivity index (χ2v) is 8.77. The van der Waals surface area contributed by atoms with Gasteiger partial charge in [0.2, 0.25) is 11.8 Å². The van der Waals surface area contributed by atoms with Gasteiger partial charge in [-0.15, -0.1) is 10.2 Å². The van der Waals surface area contributed by atoms with Gasteiger partial charge in [-0.05, 0) is 61.4 Å². The molecule has 0 spiro atoms. The van der Waals surface area contributed by atoms with Crippen molar-refractivity contribution in [2.75, 3.05) is 0 Å². The van der Waals surface area contributed by atoms with Crippen molar-refractivity contribution in [3.05, 3.63) is 95.1 Å². The molecule has 9 heteroatoms. The lowest BCUT2D eigenvalue weighted by Gasteiger charge is -2.21. The summed E-state index contributed by atoms with van der Waals surface area (Å²) in [7, 11) is 0. The Morgan fingerprint density at radius 3 is 2.19 bits per heavy atom. The number of imide groups is 1. The largest absolute Gasteiger partial charge is 0.416 e. The first-order chi connectivity index (χ1) is 17.3. The molecule has 1 saturated heterocycles. The number of amides is 4. The van der Waals surface area contributed by atoms with E-state index in [2.05, 4.69) is 26.1 Å². The minimum Gasteiger partial charge on any atom is -0.416 e. The molecule has 1 aliphatic heterocycles. The molecule has 180 valence electrons. The van der Waals surface area contributed by atoms with Crippen LogP contribution in [0.15, 0.2) is 77.2 Å². The van der Waals surface area contributed by atoms with Crippen LogP contribution in [0.5, 0.6) is 0 Å². The molecule has 3 aromatic carbocycles. The summed E-state index contributed by atoms with van der Waals surface area (Å²) in [4.78, 5) is 36.5. The van der Waals surface area contributed by atoms with Gasteiger partial charge in [-0.25, -0.2) is 4.79 Å². The molecule has 36 heavy (non-hydrogen) atoms. The molecule has 0 aliphatic carbocycles. The van der Waals surface area contributed by atoms with E-state index in [1.165, 1.54) is 0 Å². The smallest absolute Gasteiger partial charge is 0.322 e. The fraction of sp³-hybridized carbons (Fsp3) is 0.148. The fourth-order valence-electron chi connectivity index (χ4n) is 3.94. The van der Waals surface area contributed by atoms with Crippen LogP contribution in [0.4, 0.5) is 4.79 Å². The Hall–Kier alpha value is -4.79. The van der Waals surface area contributed by atoms with Crippen LogP contribution < -0.4 is 16.0 Å². The van der Waals surface area contributed by atoms with E-state index in [0.717, 1.165) is 16.7 Å². The lowest BCUT2D eigenvalue weighted by molar-refractivity contribution is -0.123. The van der Waals surface area contributed by atoms with Gasteiger partial charge in [0.25, 0.3) is 11.8 Å². The van der Waals surface area contributed by atoms with E-state index < -0.39 is 17.5 Å². The number of hydrogen-bond donors (Lipinski definition) is 3. The topological polar surface area (TPSA) is 126 Å². The molecule has 2 heterocycles. The van der Waals surface area contributed by atoms with Gasteiger partial charge in [0.05, 0.1) is 0 Å². The normalized spacial score (nSPS) is 16.9. The maximum Gasteiger partial charge on any atom is 0.322 e. The number of aryl methyl sites for hydroxylation is 1. The van der Waals surface area contributed by atoms with Crippen molar-refractivity contribution in [3.63, 3.8) is 0 Å². The van der Waals surface area contributed by atoms with Gasteiger partial charge in [-0.2, -0.15) is 0 Å². The number of nitrogens with one attached hydrogen (secondary N) is 3. The average Bonchev–Trinajstić information content (AvgIpc) is 3.48. The first-order valence-electron chi connectivity index (χ1n) is 11.3. The van der Waals surface area contributed by atoms with Crippen LogP contribution in [-0.2, 0) is 16.9 Å². The Kier molecular flexibility index (Phi) is 5.81. The molecular formula is C27H23N5O4. The van der Waals surface area contributed by atoms with E-state index in [0.29, 0.717) is 28.5 Å². The molecule has 0 radical (unpaired) electrons. The standard InChI is InChI=1S/C27H23N5O4/c1-16-6-8-19(9-7-16)23-31-32-24(36-23)20-12-10-18(11-13-20)22(33)28-15-17-4-3-5-21(14-17)27(2)25(34)29-26(35)30-27/h3-14H,15H2,1-2H3,(H,28,33)(H2,29,30,34,35). The highest BCUT2D eigenvalue weighted by Crippen LogP contribution is 2.26. The van der Waals surface area contributed by atoms with E-state index in [-0.39, 0.29) is 12.5 Å². The van der Waals surface area contributed by atoms with Gasteiger partial charge in [0.1, 0.15) is 5.54 Å². The zero-order chi connectivity index (χ0) is 25.3. The van der Waals surface area contributed by atoms with Crippen LogP contribution in [0.25, 0.3) is 22.9 Å². The first kappa shape index (κ1) is 23.0. The van der Waals surface area contributed by atoms with Gasteiger partial charge in [-0.1, -0.05) is 42.0 Å². The molecule has 1 fully saturated rings. The third kappa shape index (κ3) is 4.46.